The quantitative estimate of drug-likeness (QED) is 0.203. The molecule has 2 atom stereocenters. The SMILES string of the molecule is CC1C=CC(c2nc(C3=CC=CCC3C)nc(-n3c4ccccc4c4ccc5c6ccccc6n(-c6ccccc6)c5c43)n2)=CC1. The smallest absolute Gasteiger partial charge is 0.238 e. The Balaban J connectivity index is 1.44. The van der Waals surface area contributed by atoms with E-state index >= 15 is 0 Å². The van der Waals surface area contributed by atoms with Crippen LogP contribution in [-0.4, -0.2) is 24.1 Å². The van der Waals surface area contributed by atoms with Crippen LogP contribution in [-0.2, 0) is 0 Å². The van der Waals surface area contributed by atoms with Gasteiger partial charge in [0.1, 0.15) is 0 Å². The van der Waals surface area contributed by atoms with E-state index in [1.165, 1.54) is 27.1 Å². The zero-order valence-corrected chi connectivity index (χ0v) is 25.9. The number of allylic oxidation sites excluding steroid dienone is 8. The summed E-state index contributed by atoms with van der Waals surface area (Å²) >= 11 is 0. The van der Waals surface area contributed by atoms with E-state index in [4.69, 9.17) is 15.0 Å². The van der Waals surface area contributed by atoms with Crippen LogP contribution in [0.1, 0.15) is 38.3 Å². The normalized spacial score (nSPS) is 18.1. The van der Waals surface area contributed by atoms with Gasteiger partial charge in [0.25, 0.3) is 0 Å². The predicted octanol–water partition coefficient (Wildman–Crippen LogP) is 10.0. The molecule has 7 aromatic rings. The third-order valence-electron chi connectivity index (χ3n) is 9.57. The fraction of sp³-hybridized carbons (Fsp3) is 0.146. The summed E-state index contributed by atoms with van der Waals surface area (Å²) in [5.41, 5.74) is 7.79. The molecule has 9 rings (SSSR count). The van der Waals surface area contributed by atoms with Gasteiger partial charge < -0.3 is 4.57 Å². The Kier molecular flexibility index (Phi) is 6.13. The zero-order chi connectivity index (χ0) is 30.8. The molecule has 222 valence electrons. The van der Waals surface area contributed by atoms with Crippen LogP contribution < -0.4 is 0 Å². The van der Waals surface area contributed by atoms with Crippen molar-refractivity contribution in [1.82, 2.24) is 24.1 Å². The number of fused-ring (bicyclic) bond motifs is 7. The molecule has 0 radical (unpaired) electrons. The summed E-state index contributed by atoms with van der Waals surface area (Å²) in [7, 11) is 0. The molecule has 5 nitrogen and oxygen atoms in total. The Labute approximate surface area is 267 Å². The van der Waals surface area contributed by atoms with E-state index in [2.05, 4.69) is 150 Å². The summed E-state index contributed by atoms with van der Waals surface area (Å²) in [6.07, 6.45) is 15.1. The molecule has 0 fully saturated rings. The fourth-order valence-electron chi connectivity index (χ4n) is 7.21. The van der Waals surface area contributed by atoms with Gasteiger partial charge in [0.05, 0.1) is 22.1 Å². The van der Waals surface area contributed by atoms with Gasteiger partial charge in [-0.2, -0.15) is 9.97 Å². The Bertz CT molecular complexity index is 2450. The first-order valence-corrected chi connectivity index (χ1v) is 16.2. The van der Waals surface area contributed by atoms with E-state index in [1.807, 2.05) is 0 Å². The summed E-state index contributed by atoms with van der Waals surface area (Å²) in [5, 5.41) is 4.76. The molecule has 3 heterocycles. The minimum Gasteiger partial charge on any atom is -0.307 e. The van der Waals surface area contributed by atoms with E-state index in [-0.39, 0.29) is 0 Å². The van der Waals surface area contributed by atoms with Crippen molar-refractivity contribution in [3.8, 4) is 11.6 Å². The predicted molar refractivity (Wildman–Crippen MR) is 190 cm³/mol. The van der Waals surface area contributed by atoms with Crippen LogP contribution in [0.2, 0.25) is 0 Å². The molecule has 2 aliphatic carbocycles. The molecule has 5 heteroatoms. The number of hydrogen-bond donors (Lipinski definition) is 0. The second kappa shape index (κ2) is 10.5. The molecule has 3 aromatic heterocycles. The maximum Gasteiger partial charge on any atom is 0.238 e. The summed E-state index contributed by atoms with van der Waals surface area (Å²) < 4.78 is 4.68. The molecule has 0 aliphatic heterocycles. The highest BCUT2D eigenvalue weighted by Crippen LogP contribution is 2.41. The highest BCUT2D eigenvalue weighted by atomic mass is 15.2. The van der Waals surface area contributed by atoms with Gasteiger partial charge in [-0.1, -0.05) is 117 Å². The Hall–Kier alpha value is -5.55. The summed E-state index contributed by atoms with van der Waals surface area (Å²) in [5.74, 6) is 2.91. The van der Waals surface area contributed by atoms with Crippen LogP contribution in [0.4, 0.5) is 0 Å². The standard InChI is InChI=1S/C41H33N5/c1-26-20-22-28(23-21-26)39-42-40(30-15-7-6-12-27(30)2)44-41(43-39)46-36-19-11-9-17-32(36)34-25-24-33-31-16-8-10-18-35(31)45(37(33)38(34)46)29-13-4-3-5-14-29/h3-11,13-20,22-27H,12,21H2,1-2H3. The van der Waals surface area contributed by atoms with Gasteiger partial charge in [-0.3, -0.25) is 4.57 Å². The van der Waals surface area contributed by atoms with Crippen molar-refractivity contribution in [2.24, 2.45) is 11.8 Å². The number of aromatic nitrogens is 5. The number of nitrogens with zero attached hydrogens (tertiary/aromatic N) is 5. The summed E-state index contributed by atoms with van der Waals surface area (Å²) in [4.78, 5) is 15.7. The van der Waals surface area contributed by atoms with Crippen molar-refractivity contribution >= 4 is 54.8 Å². The van der Waals surface area contributed by atoms with E-state index in [0.717, 1.165) is 52.0 Å². The van der Waals surface area contributed by atoms with Crippen molar-refractivity contribution in [3.63, 3.8) is 0 Å². The fourth-order valence-corrected chi connectivity index (χ4v) is 7.21. The maximum absolute atomic E-state index is 5.30. The van der Waals surface area contributed by atoms with Crippen LogP contribution in [0, 0.1) is 11.8 Å². The highest BCUT2D eigenvalue weighted by Gasteiger charge is 2.25. The molecule has 0 spiro atoms. The van der Waals surface area contributed by atoms with Gasteiger partial charge in [-0.15, -0.1) is 0 Å². The molecular formula is C41H33N5. The van der Waals surface area contributed by atoms with Crippen LogP contribution in [0.25, 0.3) is 66.4 Å². The van der Waals surface area contributed by atoms with Crippen molar-refractivity contribution in [3.05, 3.63) is 139 Å². The lowest BCUT2D eigenvalue weighted by molar-refractivity contribution is 0.735. The Morgan fingerprint density at radius 2 is 1.28 bits per heavy atom. The van der Waals surface area contributed by atoms with E-state index in [9.17, 15) is 0 Å². The lowest BCUT2D eigenvalue weighted by atomic mass is 9.92. The largest absolute Gasteiger partial charge is 0.307 e. The van der Waals surface area contributed by atoms with Gasteiger partial charge in [0, 0.05) is 38.4 Å². The number of hydrogen-bond acceptors (Lipinski definition) is 3. The first kappa shape index (κ1) is 26.8. The molecule has 0 N–H and O–H groups in total. The molecule has 46 heavy (non-hydrogen) atoms. The second-order valence-corrected chi connectivity index (χ2v) is 12.6. The van der Waals surface area contributed by atoms with Crippen LogP contribution in [0.15, 0.2) is 127 Å². The van der Waals surface area contributed by atoms with Gasteiger partial charge in [-0.25, -0.2) is 4.98 Å². The van der Waals surface area contributed by atoms with Crippen LogP contribution >= 0.6 is 0 Å². The molecule has 0 bridgehead atoms. The Morgan fingerprint density at radius 1 is 0.630 bits per heavy atom. The minimum absolute atomic E-state index is 0.314. The van der Waals surface area contributed by atoms with Gasteiger partial charge in [-0.05, 0) is 48.9 Å². The average molecular weight is 596 g/mol. The zero-order valence-electron chi connectivity index (χ0n) is 25.9. The first-order valence-electron chi connectivity index (χ1n) is 16.2. The second-order valence-electron chi connectivity index (χ2n) is 12.6. The lowest BCUT2D eigenvalue weighted by Gasteiger charge is -2.19. The first-order chi connectivity index (χ1) is 22.7. The third-order valence-corrected chi connectivity index (χ3v) is 9.57. The molecule has 0 saturated heterocycles. The van der Waals surface area contributed by atoms with E-state index in [0.29, 0.717) is 23.6 Å². The van der Waals surface area contributed by atoms with Crippen molar-refractivity contribution < 1.29 is 0 Å². The van der Waals surface area contributed by atoms with Crippen LogP contribution in [0.5, 0.6) is 0 Å². The van der Waals surface area contributed by atoms with Gasteiger partial charge >= 0.3 is 0 Å². The van der Waals surface area contributed by atoms with Crippen molar-refractivity contribution in [2.45, 2.75) is 26.7 Å². The molecule has 2 aliphatic rings. The van der Waals surface area contributed by atoms with E-state index < -0.39 is 0 Å². The topological polar surface area (TPSA) is 48.5 Å². The third kappa shape index (κ3) is 4.12. The van der Waals surface area contributed by atoms with Crippen molar-refractivity contribution in [1.29, 1.82) is 0 Å². The monoisotopic (exact) mass is 595 g/mol. The summed E-state index contributed by atoms with van der Waals surface area (Å²) in [6, 6.07) is 32.5. The molecule has 4 aromatic carbocycles. The number of rotatable bonds is 4. The number of benzene rings is 4. The van der Waals surface area contributed by atoms with Gasteiger partial charge in [0.15, 0.2) is 11.6 Å². The molecule has 0 amide bonds. The maximum atomic E-state index is 5.30. The lowest BCUT2D eigenvalue weighted by Crippen LogP contribution is -2.13. The average Bonchev–Trinajstić information content (AvgIpc) is 3.62. The minimum atomic E-state index is 0.314. The molecular weight excluding hydrogens is 562 g/mol. The molecule has 0 saturated carbocycles. The molecule has 2 unspecified atom stereocenters. The summed E-state index contributed by atoms with van der Waals surface area (Å²) in [6.45, 7) is 4.49. The van der Waals surface area contributed by atoms with Crippen molar-refractivity contribution in [2.75, 3.05) is 0 Å². The van der Waals surface area contributed by atoms with Crippen LogP contribution in [0.3, 0.4) is 0 Å². The van der Waals surface area contributed by atoms with E-state index in [1.54, 1.807) is 0 Å². The number of para-hydroxylation sites is 3. The highest BCUT2D eigenvalue weighted by molar-refractivity contribution is 6.23. The Morgan fingerprint density at radius 3 is 1.98 bits per heavy atom. The van der Waals surface area contributed by atoms with Gasteiger partial charge in [0.2, 0.25) is 5.95 Å².